The van der Waals surface area contributed by atoms with Crippen LogP contribution in [-0.4, -0.2) is 4.98 Å². The molecule has 16 heavy (non-hydrogen) atoms. The fraction of sp³-hybridized carbons (Fsp3) is 0.0909. The van der Waals surface area contributed by atoms with Crippen molar-refractivity contribution < 1.29 is 0 Å². The van der Waals surface area contributed by atoms with Gasteiger partial charge in [-0.3, -0.25) is 0 Å². The van der Waals surface area contributed by atoms with Crippen LogP contribution >= 0.6 is 23.1 Å². The summed E-state index contributed by atoms with van der Waals surface area (Å²) in [5.74, 6) is 0. The van der Waals surface area contributed by atoms with E-state index < -0.39 is 0 Å². The number of thiazole rings is 1. The largest absolute Gasteiger partial charge is 0.375 e. The van der Waals surface area contributed by atoms with Gasteiger partial charge in [-0.1, -0.05) is 41.2 Å². The van der Waals surface area contributed by atoms with Crippen molar-refractivity contribution in [2.24, 2.45) is 0 Å². The Hall–Kier alpha value is -1.51. The van der Waals surface area contributed by atoms with E-state index in [-0.39, 0.29) is 0 Å². The second-order valence-electron chi connectivity index (χ2n) is 3.25. The molecule has 3 nitrogen and oxygen atoms in total. The summed E-state index contributed by atoms with van der Waals surface area (Å²) < 4.78 is 0.851. The van der Waals surface area contributed by atoms with Crippen molar-refractivity contribution in [1.82, 2.24) is 4.98 Å². The number of hydrogen-bond donors (Lipinski definition) is 1. The number of nitriles is 1. The highest BCUT2D eigenvalue weighted by atomic mass is 32.2. The summed E-state index contributed by atoms with van der Waals surface area (Å²) in [5, 5.41) is 11.2. The third-order valence-electron chi connectivity index (χ3n) is 2.08. The second-order valence-corrected chi connectivity index (χ2v) is 5.33. The van der Waals surface area contributed by atoms with Crippen LogP contribution in [-0.2, 0) is 0 Å². The van der Waals surface area contributed by atoms with Crippen molar-refractivity contribution in [2.45, 2.75) is 11.1 Å². The van der Waals surface area contributed by atoms with Crippen molar-refractivity contribution in [1.29, 1.82) is 5.26 Å². The molecule has 2 aromatic rings. The molecule has 0 radical (unpaired) electrons. The number of aromatic nitrogens is 1. The molecular weight excluding hydrogens is 238 g/mol. The molecule has 0 aliphatic heterocycles. The molecule has 0 unspecified atom stereocenters. The van der Waals surface area contributed by atoms with Gasteiger partial charge < -0.3 is 5.73 Å². The number of nitrogen functional groups attached to an aromatic ring is 1. The lowest BCUT2D eigenvalue weighted by atomic mass is 10.1. The zero-order chi connectivity index (χ0) is 11.5. The van der Waals surface area contributed by atoms with Crippen LogP contribution in [0.15, 0.2) is 28.5 Å². The Morgan fingerprint density at radius 1 is 1.38 bits per heavy atom. The van der Waals surface area contributed by atoms with Crippen molar-refractivity contribution in [3.05, 3.63) is 29.8 Å². The van der Waals surface area contributed by atoms with Crippen LogP contribution in [0.25, 0.3) is 11.3 Å². The Morgan fingerprint density at radius 2 is 2.06 bits per heavy atom. The fourth-order valence-corrected chi connectivity index (χ4v) is 2.79. The average molecular weight is 247 g/mol. The first-order valence-electron chi connectivity index (χ1n) is 4.60. The Balaban J connectivity index is 2.47. The SMILES string of the molecule is Cc1ccc(-c2nc(N)sc2SC#N)cc1. The minimum atomic E-state index is 0.494. The predicted octanol–water partition coefficient (Wildman–Crippen LogP) is 3.27. The minimum absolute atomic E-state index is 0.494. The number of thiocyanates is 1. The predicted molar refractivity (Wildman–Crippen MR) is 68.2 cm³/mol. The van der Waals surface area contributed by atoms with E-state index in [1.54, 1.807) is 0 Å². The molecule has 80 valence electrons. The van der Waals surface area contributed by atoms with E-state index in [0.717, 1.165) is 27.2 Å². The van der Waals surface area contributed by atoms with Gasteiger partial charge in [-0.05, 0) is 6.92 Å². The van der Waals surface area contributed by atoms with E-state index in [2.05, 4.69) is 10.4 Å². The molecule has 0 atom stereocenters. The zero-order valence-corrected chi connectivity index (χ0v) is 10.2. The van der Waals surface area contributed by atoms with Gasteiger partial charge in [-0.15, -0.1) is 0 Å². The van der Waals surface area contributed by atoms with E-state index >= 15 is 0 Å². The third kappa shape index (κ3) is 2.18. The van der Waals surface area contributed by atoms with Gasteiger partial charge in [0.25, 0.3) is 0 Å². The molecule has 2 N–H and O–H groups in total. The van der Waals surface area contributed by atoms with E-state index in [1.807, 2.05) is 31.2 Å². The number of aryl methyl sites for hydroxylation is 1. The van der Waals surface area contributed by atoms with Crippen LogP contribution in [0.4, 0.5) is 5.13 Å². The maximum Gasteiger partial charge on any atom is 0.181 e. The van der Waals surface area contributed by atoms with Crippen LogP contribution < -0.4 is 5.73 Å². The van der Waals surface area contributed by atoms with Gasteiger partial charge in [-0.2, -0.15) is 5.26 Å². The van der Waals surface area contributed by atoms with Crippen LogP contribution in [0.2, 0.25) is 0 Å². The zero-order valence-electron chi connectivity index (χ0n) is 8.60. The maximum atomic E-state index is 8.70. The fourth-order valence-electron chi connectivity index (χ4n) is 1.33. The maximum absolute atomic E-state index is 8.70. The summed E-state index contributed by atoms with van der Waals surface area (Å²) in [5.41, 5.74) is 8.65. The lowest BCUT2D eigenvalue weighted by molar-refractivity contribution is 1.36. The van der Waals surface area contributed by atoms with E-state index in [4.69, 9.17) is 11.0 Å². The molecule has 2 rings (SSSR count). The molecule has 0 saturated carbocycles. The lowest BCUT2D eigenvalue weighted by Crippen LogP contribution is -1.83. The number of hydrogen-bond acceptors (Lipinski definition) is 5. The van der Waals surface area contributed by atoms with Gasteiger partial charge in [0.1, 0.15) is 9.61 Å². The first-order valence-corrected chi connectivity index (χ1v) is 6.23. The highest BCUT2D eigenvalue weighted by Crippen LogP contribution is 2.36. The van der Waals surface area contributed by atoms with Crippen LogP contribution in [0, 0.1) is 17.6 Å². The van der Waals surface area contributed by atoms with Crippen molar-refractivity contribution in [3.63, 3.8) is 0 Å². The third-order valence-corrected chi connectivity index (χ3v) is 3.73. The van der Waals surface area contributed by atoms with Crippen LogP contribution in [0.5, 0.6) is 0 Å². The Bertz CT molecular complexity index is 537. The van der Waals surface area contributed by atoms with Crippen molar-refractivity contribution >= 4 is 28.2 Å². The first kappa shape index (κ1) is 11.0. The summed E-state index contributed by atoms with van der Waals surface area (Å²) >= 11 is 2.45. The highest BCUT2D eigenvalue weighted by molar-refractivity contribution is 8.05. The Morgan fingerprint density at radius 3 is 2.69 bits per heavy atom. The smallest absolute Gasteiger partial charge is 0.181 e. The van der Waals surface area contributed by atoms with Gasteiger partial charge in [0, 0.05) is 17.3 Å². The average Bonchev–Trinajstić information content (AvgIpc) is 2.61. The number of nitrogens with two attached hydrogens (primary N) is 1. The molecule has 1 aromatic carbocycles. The molecule has 0 amide bonds. The molecule has 1 heterocycles. The Kier molecular flexibility index (Phi) is 3.13. The molecule has 5 heteroatoms. The van der Waals surface area contributed by atoms with Gasteiger partial charge >= 0.3 is 0 Å². The number of thioether (sulfide) groups is 1. The monoisotopic (exact) mass is 247 g/mol. The first-order chi connectivity index (χ1) is 7.70. The summed E-state index contributed by atoms with van der Waals surface area (Å²) in [6.07, 6.45) is 0. The van der Waals surface area contributed by atoms with Crippen LogP contribution in [0.3, 0.4) is 0 Å². The normalized spacial score (nSPS) is 10.0. The minimum Gasteiger partial charge on any atom is -0.375 e. The molecule has 0 spiro atoms. The summed E-state index contributed by atoms with van der Waals surface area (Å²) in [6, 6.07) is 8.02. The van der Waals surface area contributed by atoms with Gasteiger partial charge in [0.05, 0.1) is 5.69 Å². The molecule has 0 fully saturated rings. The second kappa shape index (κ2) is 4.56. The summed E-state index contributed by atoms with van der Waals surface area (Å²) in [4.78, 5) is 4.25. The molecular formula is C11H9N3S2. The van der Waals surface area contributed by atoms with Crippen molar-refractivity contribution in [2.75, 3.05) is 5.73 Å². The molecule has 0 aliphatic rings. The van der Waals surface area contributed by atoms with E-state index in [9.17, 15) is 0 Å². The van der Waals surface area contributed by atoms with Gasteiger partial charge in [0.2, 0.25) is 0 Å². The van der Waals surface area contributed by atoms with Gasteiger partial charge in [0.15, 0.2) is 5.13 Å². The van der Waals surface area contributed by atoms with Crippen molar-refractivity contribution in [3.8, 4) is 16.7 Å². The Labute approximate surface area is 102 Å². The topological polar surface area (TPSA) is 62.7 Å². The molecule has 1 aromatic heterocycles. The lowest BCUT2D eigenvalue weighted by Gasteiger charge is -1.99. The number of benzene rings is 1. The molecule has 0 aliphatic carbocycles. The van der Waals surface area contributed by atoms with Gasteiger partial charge in [-0.25, -0.2) is 4.98 Å². The standard InChI is InChI=1S/C11H9N3S2/c1-7-2-4-8(5-3-7)9-10(15-6-12)16-11(13)14-9/h2-5H,1H3,(H2,13,14). The van der Waals surface area contributed by atoms with E-state index in [1.165, 1.54) is 16.9 Å². The highest BCUT2D eigenvalue weighted by Gasteiger charge is 2.11. The molecule has 0 bridgehead atoms. The number of anilines is 1. The quantitative estimate of drug-likeness (QED) is 0.653. The van der Waals surface area contributed by atoms with E-state index in [0.29, 0.717) is 5.13 Å². The summed E-state index contributed by atoms with van der Waals surface area (Å²) in [7, 11) is 0. The number of rotatable bonds is 2. The van der Waals surface area contributed by atoms with Crippen LogP contribution in [0.1, 0.15) is 5.56 Å². The summed E-state index contributed by atoms with van der Waals surface area (Å²) in [6.45, 7) is 2.03. The number of nitrogens with zero attached hydrogens (tertiary/aromatic N) is 2. The molecule has 0 saturated heterocycles.